The molecule has 0 bridgehead atoms. The Kier molecular flexibility index (Phi) is 5.29. The molecule has 1 aromatic rings. The quantitative estimate of drug-likeness (QED) is 0.692. The summed E-state index contributed by atoms with van der Waals surface area (Å²) in [6.07, 6.45) is 7.60. The van der Waals surface area contributed by atoms with Gasteiger partial charge in [0.15, 0.2) is 0 Å². The number of rotatable bonds is 4. The number of hydrogen-bond acceptors (Lipinski definition) is 6. The predicted octanol–water partition coefficient (Wildman–Crippen LogP) is 3.22. The first-order chi connectivity index (χ1) is 14.9. The van der Waals surface area contributed by atoms with E-state index >= 15 is 0 Å². The van der Waals surface area contributed by atoms with Crippen LogP contribution >= 0.6 is 0 Å². The maximum absolute atomic E-state index is 11.8. The summed E-state index contributed by atoms with van der Waals surface area (Å²) in [6.45, 7) is 9.68. The van der Waals surface area contributed by atoms with Crippen LogP contribution in [0.2, 0.25) is 0 Å². The lowest BCUT2D eigenvalue weighted by molar-refractivity contribution is -0.135. The number of ether oxygens (including phenoxy) is 2. The van der Waals surface area contributed by atoms with Gasteiger partial charge in [0.05, 0.1) is 11.3 Å². The van der Waals surface area contributed by atoms with Crippen molar-refractivity contribution in [1.29, 1.82) is 0 Å². The van der Waals surface area contributed by atoms with Gasteiger partial charge in [0.1, 0.15) is 13.2 Å². The van der Waals surface area contributed by atoms with E-state index in [1.54, 1.807) is 6.08 Å². The van der Waals surface area contributed by atoms with Gasteiger partial charge in [-0.2, -0.15) is 0 Å². The summed E-state index contributed by atoms with van der Waals surface area (Å²) in [5, 5.41) is 0. The molecule has 0 aromatic heterocycles. The van der Waals surface area contributed by atoms with E-state index in [2.05, 4.69) is 29.7 Å². The summed E-state index contributed by atoms with van der Waals surface area (Å²) in [4.78, 5) is 28.2. The van der Waals surface area contributed by atoms with Crippen LogP contribution in [0.1, 0.15) is 59.7 Å². The predicted molar refractivity (Wildman–Crippen MR) is 117 cm³/mol. The fraction of sp³-hybridized carbons (Fsp3) is 0.600. The van der Waals surface area contributed by atoms with E-state index in [1.807, 2.05) is 6.07 Å². The highest BCUT2D eigenvalue weighted by Crippen LogP contribution is 2.44. The van der Waals surface area contributed by atoms with Crippen LogP contribution in [0, 0.1) is 12.3 Å². The van der Waals surface area contributed by atoms with Crippen LogP contribution in [0.15, 0.2) is 23.9 Å². The second-order valence-corrected chi connectivity index (χ2v) is 9.78. The minimum Gasteiger partial charge on any atom is -0.457 e. The second kappa shape index (κ2) is 7.97. The number of hydrogen-bond donors (Lipinski definition) is 0. The van der Waals surface area contributed by atoms with Crippen LogP contribution in [-0.2, 0) is 27.3 Å². The van der Waals surface area contributed by atoms with E-state index < -0.39 is 0 Å². The Balaban J connectivity index is 1.14. The molecular weight excluding hydrogens is 392 g/mol. The van der Waals surface area contributed by atoms with Crippen molar-refractivity contribution in [3.8, 4) is 0 Å². The first-order valence-corrected chi connectivity index (χ1v) is 11.6. The number of cyclic esters (lactones) is 2. The molecule has 6 heteroatoms. The van der Waals surface area contributed by atoms with Crippen molar-refractivity contribution in [2.75, 3.05) is 32.8 Å². The maximum Gasteiger partial charge on any atom is 0.338 e. The number of fused-ring (bicyclic) bond motifs is 1. The lowest BCUT2D eigenvalue weighted by Crippen LogP contribution is -2.50. The van der Waals surface area contributed by atoms with Crippen LogP contribution in [-0.4, -0.2) is 60.6 Å². The molecule has 4 aliphatic rings. The zero-order valence-electron chi connectivity index (χ0n) is 18.6. The van der Waals surface area contributed by atoms with Crippen molar-refractivity contribution in [3.63, 3.8) is 0 Å². The van der Waals surface area contributed by atoms with Crippen LogP contribution in [0.3, 0.4) is 0 Å². The molecule has 0 N–H and O–H groups in total. The third-order valence-electron chi connectivity index (χ3n) is 8.05. The third-order valence-corrected chi connectivity index (χ3v) is 8.05. The summed E-state index contributed by atoms with van der Waals surface area (Å²) >= 11 is 0. The van der Waals surface area contributed by atoms with Crippen molar-refractivity contribution < 1.29 is 19.1 Å². The average Bonchev–Trinajstić information content (AvgIpc) is 3.35. The molecule has 1 atom stereocenters. The Labute approximate surface area is 184 Å². The molecule has 0 amide bonds. The van der Waals surface area contributed by atoms with Crippen molar-refractivity contribution in [2.45, 2.75) is 58.6 Å². The molecule has 31 heavy (non-hydrogen) atoms. The van der Waals surface area contributed by atoms with Crippen molar-refractivity contribution >= 4 is 11.9 Å². The minimum atomic E-state index is -0.200. The van der Waals surface area contributed by atoms with Gasteiger partial charge in [0.2, 0.25) is 0 Å². The highest BCUT2D eigenvalue weighted by atomic mass is 16.5. The van der Waals surface area contributed by atoms with E-state index in [9.17, 15) is 9.59 Å². The number of likely N-dealkylation sites (tertiary alicyclic amines) is 2. The zero-order chi connectivity index (χ0) is 21.6. The fourth-order valence-corrected chi connectivity index (χ4v) is 6.03. The Morgan fingerprint density at radius 3 is 2.55 bits per heavy atom. The molecule has 2 fully saturated rings. The molecule has 0 saturated carbocycles. The Morgan fingerprint density at radius 1 is 1.06 bits per heavy atom. The van der Waals surface area contributed by atoms with Crippen LogP contribution < -0.4 is 0 Å². The van der Waals surface area contributed by atoms with Gasteiger partial charge in [-0.1, -0.05) is 6.07 Å². The number of benzene rings is 1. The number of esters is 2. The first-order valence-electron chi connectivity index (χ1n) is 11.6. The van der Waals surface area contributed by atoms with Crippen LogP contribution in [0.25, 0.3) is 0 Å². The van der Waals surface area contributed by atoms with E-state index in [4.69, 9.17) is 9.47 Å². The standard InChI is InChI=1S/C25H32N2O4/c1-17-14-25(8-12-27(17)20-13-23(28)30-15-20)6-10-26(11-7-25)9-5-19-3-4-21-22(18(19)2)16-31-24(21)29/h3-4,13,17H,5-12,14-16H2,1-2H3. The minimum absolute atomic E-state index is 0.186. The smallest absolute Gasteiger partial charge is 0.338 e. The molecule has 166 valence electrons. The molecule has 1 unspecified atom stereocenters. The van der Waals surface area contributed by atoms with Gasteiger partial charge in [-0.05, 0) is 81.6 Å². The van der Waals surface area contributed by atoms with Crippen LogP contribution in [0.5, 0.6) is 0 Å². The topological polar surface area (TPSA) is 59.1 Å². The summed E-state index contributed by atoms with van der Waals surface area (Å²) in [5.41, 5.74) is 5.87. The Morgan fingerprint density at radius 2 is 1.84 bits per heavy atom. The summed E-state index contributed by atoms with van der Waals surface area (Å²) in [6, 6.07) is 4.50. The monoisotopic (exact) mass is 424 g/mol. The number of piperidine rings is 2. The van der Waals surface area contributed by atoms with Crippen molar-refractivity contribution in [2.24, 2.45) is 5.41 Å². The van der Waals surface area contributed by atoms with Gasteiger partial charge in [-0.25, -0.2) is 9.59 Å². The molecule has 0 radical (unpaired) electrons. The molecule has 2 saturated heterocycles. The normalized spacial score (nSPS) is 25.4. The summed E-state index contributed by atoms with van der Waals surface area (Å²) < 4.78 is 10.3. The van der Waals surface area contributed by atoms with Crippen molar-refractivity contribution in [1.82, 2.24) is 9.80 Å². The molecule has 1 aromatic carbocycles. The summed E-state index contributed by atoms with van der Waals surface area (Å²) in [5.74, 6) is -0.386. The second-order valence-electron chi connectivity index (χ2n) is 9.78. The molecule has 1 spiro atoms. The van der Waals surface area contributed by atoms with Crippen molar-refractivity contribution in [3.05, 3.63) is 46.2 Å². The fourth-order valence-electron chi connectivity index (χ4n) is 6.03. The van der Waals surface area contributed by atoms with Crippen LogP contribution in [0.4, 0.5) is 0 Å². The third kappa shape index (κ3) is 3.86. The van der Waals surface area contributed by atoms with Gasteiger partial charge >= 0.3 is 11.9 Å². The average molecular weight is 425 g/mol. The van der Waals surface area contributed by atoms with Gasteiger partial charge in [0, 0.05) is 30.8 Å². The summed E-state index contributed by atoms with van der Waals surface area (Å²) in [7, 11) is 0. The largest absolute Gasteiger partial charge is 0.457 e. The van der Waals surface area contributed by atoms with E-state index in [1.165, 1.54) is 36.8 Å². The van der Waals surface area contributed by atoms with Gasteiger partial charge < -0.3 is 19.3 Å². The molecular formula is C25H32N2O4. The van der Waals surface area contributed by atoms with Gasteiger partial charge in [-0.3, -0.25) is 0 Å². The number of carbonyl (C=O) groups is 2. The number of nitrogens with zero attached hydrogens (tertiary/aromatic N) is 2. The van der Waals surface area contributed by atoms with E-state index in [-0.39, 0.29) is 11.9 Å². The Hall–Kier alpha value is -2.34. The lowest BCUT2D eigenvalue weighted by Gasteiger charge is -2.50. The van der Waals surface area contributed by atoms with E-state index in [0.29, 0.717) is 24.7 Å². The lowest BCUT2D eigenvalue weighted by atomic mass is 9.69. The highest BCUT2D eigenvalue weighted by molar-refractivity contribution is 5.93. The van der Waals surface area contributed by atoms with Gasteiger partial charge in [0.25, 0.3) is 0 Å². The van der Waals surface area contributed by atoms with Gasteiger partial charge in [-0.15, -0.1) is 0 Å². The molecule has 4 heterocycles. The maximum atomic E-state index is 11.8. The molecule has 0 aliphatic carbocycles. The molecule has 4 aliphatic heterocycles. The molecule has 5 rings (SSSR count). The zero-order valence-corrected chi connectivity index (χ0v) is 18.6. The molecule has 6 nitrogen and oxygen atoms in total. The van der Waals surface area contributed by atoms with E-state index in [0.717, 1.165) is 49.4 Å². The Bertz CT molecular complexity index is 930. The first kappa shape index (κ1) is 20.6. The highest BCUT2D eigenvalue weighted by Gasteiger charge is 2.41. The number of carbonyl (C=O) groups excluding carboxylic acids is 2. The SMILES string of the molecule is Cc1c(CCN2CCC3(CC2)CCN(C2=CC(=O)OC2)C(C)C3)ccc2c1COC2=O.